The summed E-state index contributed by atoms with van der Waals surface area (Å²) in [4.78, 5) is 24.6. The number of hydrogen-bond donors (Lipinski definition) is 2. The van der Waals surface area contributed by atoms with E-state index in [9.17, 15) is 9.59 Å². The molecule has 9 heteroatoms. The Balaban J connectivity index is 2.02. The molecule has 0 bridgehead atoms. The average molecular weight is 337 g/mol. The lowest BCUT2D eigenvalue weighted by molar-refractivity contribution is -0.113. The fourth-order valence-electron chi connectivity index (χ4n) is 1.63. The summed E-state index contributed by atoms with van der Waals surface area (Å²) in [6.45, 7) is 1.53. The number of para-hydroxylation sites is 1. The lowest BCUT2D eigenvalue weighted by atomic mass is 10.3. The van der Waals surface area contributed by atoms with E-state index in [0.29, 0.717) is 0 Å². The smallest absolute Gasteiger partial charge is 0.294 e. The van der Waals surface area contributed by atoms with Crippen molar-refractivity contribution in [3.8, 4) is 0 Å². The second-order valence-corrected chi connectivity index (χ2v) is 6.07. The van der Waals surface area contributed by atoms with Gasteiger partial charge in [0.15, 0.2) is 0 Å². The van der Waals surface area contributed by atoms with Gasteiger partial charge in [0.1, 0.15) is 5.69 Å². The van der Waals surface area contributed by atoms with Crippen molar-refractivity contribution >= 4 is 35.1 Å². The number of benzene rings is 1. The lowest BCUT2D eigenvalue weighted by Crippen LogP contribution is -2.32. The molecule has 1 heterocycles. The van der Waals surface area contributed by atoms with Gasteiger partial charge in [-0.15, -0.1) is 22.0 Å². The van der Waals surface area contributed by atoms with Gasteiger partial charge in [0.25, 0.3) is 5.56 Å². The Bertz CT molecular complexity index is 747. The van der Waals surface area contributed by atoms with Gasteiger partial charge >= 0.3 is 0 Å². The Morgan fingerprint density at radius 3 is 2.82 bits per heavy atom. The molecule has 0 atom stereocenters. The number of nitrogens with two attached hydrogens (primary N) is 1. The van der Waals surface area contributed by atoms with E-state index in [1.807, 2.05) is 30.5 Å². The zero-order valence-electron chi connectivity index (χ0n) is 12.1. The zero-order chi connectivity index (χ0) is 16.1. The van der Waals surface area contributed by atoms with Gasteiger partial charge in [0, 0.05) is 4.90 Å². The minimum absolute atomic E-state index is 0.0805. The van der Waals surface area contributed by atoms with E-state index in [4.69, 9.17) is 5.84 Å². The Hall–Kier alpha value is -2.00. The molecule has 2 aromatic rings. The summed E-state index contributed by atoms with van der Waals surface area (Å²) in [5.74, 6) is 5.49. The van der Waals surface area contributed by atoms with Crippen LogP contribution in [0.4, 0.5) is 5.69 Å². The Morgan fingerprint density at radius 2 is 2.09 bits per heavy atom. The van der Waals surface area contributed by atoms with Crippen LogP contribution in [0.5, 0.6) is 0 Å². The van der Waals surface area contributed by atoms with E-state index < -0.39 is 5.56 Å². The summed E-state index contributed by atoms with van der Waals surface area (Å²) in [5, 5.41) is 10.5. The van der Waals surface area contributed by atoms with Crippen LogP contribution in [0.1, 0.15) is 5.69 Å². The molecule has 0 aliphatic heterocycles. The predicted octanol–water partition coefficient (Wildman–Crippen LogP) is 1.11. The summed E-state index contributed by atoms with van der Waals surface area (Å²) >= 11 is 2.60. The molecule has 2 rings (SSSR count). The van der Waals surface area contributed by atoms with Gasteiger partial charge in [0.05, 0.1) is 11.4 Å². The van der Waals surface area contributed by atoms with Crippen LogP contribution in [0.3, 0.4) is 0 Å². The molecule has 116 valence electrons. The number of amides is 1. The second kappa shape index (κ2) is 7.32. The van der Waals surface area contributed by atoms with E-state index >= 15 is 0 Å². The minimum atomic E-state index is -0.425. The molecule has 7 nitrogen and oxygen atoms in total. The number of aryl methyl sites for hydroxylation is 1. The molecule has 0 aliphatic carbocycles. The number of nitrogens with one attached hydrogen (secondary N) is 1. The van der Waals surface area contributed by atoms with E-state index in [1.165, 1.54) is 6.92 Å². The van der Waals surface area contributed by atoms with Crippen LogP contribution in [-0.4, -0.2) is 32.8 Å². The van der Waals surface area contributed by atoms with Crippen molar-refractivity contribution in [1.82, 2.24) is 14.9 Å². The van der Waals surface area contributed by atoms with Gasteiger partial charge < -0.3 is 11.2 Å². The van der Waals surface area contributed by atoms with E-state index in [-0.39, 0.29) is 22.5 Å². The Labute approximate surface area is 135 Å². The Morgan fingerprint density at radius 1 is 1.36 bits per heavy atom. The van der Waals surface area contributed by atoms with Crippen molar-refractivity contribution in [3.63, 3.8) is 0 Å². The zero-order valence-corrected chi connectivity index (χ0v) is 13.7. The highest BCUT2D eigenvalue weighted by Crippen LogP contribution is 2.24. The molecule has 1 aromatic carbocycles. The topological polar surface area (TPSA) is 103 Å². The monoisotopic (exact) mass is 337 g/mol. The average Bonchev–Trinajstić information content (AvgIpc) is 2.52. The van der Waals surface area contributed by atoms with Crippen molar-refractivity contribution in [1.29, 1.82) is 0 Å². The second-order valence-electron chi connectivity index (χ2n) is 4.28. The van der Waals surface area contributed by atoms with Crippen molar-refractivity contribution < 1.29 is 4.79 Å². The number of nitrogen functional groups attached to an aromatic ring is 1. The van der Waals surface area contributed by atoms with Crippen LogP contribution >= 0.6 is 23.5 Å². The number of aromatic nitrogens is 3. The number of carbonyl (C=O) groups excluding carboxylic acids is 1. The Kier molecular flexibility index (Phi) is 5.45. The third-order valence-electron chi connectivity index (χ3n) is 2.73. The third-order valence-corrected chi connectivity index (χ3v) is 4.47. The number of anilines is 1. The van der Waals surface area contributed by atoms with Crippen molar-refractivity contribution in [2.75, 3.05) is 23.2 Å². The molecule has 0 aliphatic rings. The molecule has 0 radical (unpaired) electrons. The minimum Gasteiger partial charge on any atom is -0.334 e. The van der Waals surface area contributed by atoms with Gasteiger partial charge in [-0.2, -0.15) is 4.68 Å². The largest absolute Gasteiger partial charge is 0.334 e. The normalized spacial score (nSPS) is 10.5. The first-order valence-electron chi connectivity index (χ1n) is 6.30. The highest BCUT2D eigenvalue weighted by Gasteiger charge is 2.11. The van der Waals surface area contributed by atoms with E-state index in [0.717, 1.165) is 27.0 Å². The number of rotatable bonds is 5. The van der Waals surface area contributed by atoms with Crippen LogP contribution in [0.2, 0.25) is 0 Å². The number of carbonyl (C=O) groups is 1. The van der Waals surface area contributed by atoms with Gasteiger partial charge in [-0.25, -0.2) is 0 Å². The van der Waals surface area contributed by atoms with Gasteiger partial charge in [-0.3, -0.25) is 9.59 Å². The first-order chi connectivity index (χ1) is 10.5. The van der Waals surface area contributed by atoms with Gasteiger partial charge in [-0.05, 0) is 25.3 Å². The molecular formula is C13H15N5O2S2. The molecule has 1 aromatic heterocycles. The predicted molar refractivity (Wildman–Crippen MR) is 88.8 cm³/mol. The fraction of sp³-hybridized carbons (Fsp3) is 0.231. The van der Waals surface area contributed by atoms with Crippen molar-refractivity contribution in [2.45, 2.75) is 17.0 Å². The van der Waals surface area contributed by atoms with Crippen LogP contribution in [0.25, 0.3) is 0 Å². The summed E-state index contributed by atoms with van der Waals surface area (Å²) in [5.41, 5.74) is 0.538. The molecule has 0 unspecified atom stereocenters. The number of hydrogen-bond acceptors (Lipinski definition) is 7. The summed E-state index contributed by atoms with van der Waals surface area (Å²) in [6.07, 6.45) is 1.94. The summed E-state index contributed by atoms with van der Waals surface area (Å²) in [7, 11) is 0. The van der Waals surface area contributed by atoms with E-state index in [2.05, 4.69) is 15.5 Å². The van der Waals surface area contributed by atoms with Crippen molar-refractivity contribution in [2.24, 2.45) is 0 Å². The molecular weight excluding hydrogens is 322 g/mol. The molecule has 1 amide bonds. The molecule has 22 heavy (non-hydrogen) atoms. The maximum absolute atomic E-state index is 12.0. The molecule has 0 saturated carbocycles. The first-order valence-corrected chi connectivity index (χ1v) is 8.51. The molecule has 0 saturated heterocycles. The maximum Gasteiger partial charge on any atom is 0.294 e. The van der Waals surface area contributed by atoms with Crippen LogP contribution in [0, 0.1) is 6.92 Å². The molecule has 3 N–H and O–H groups in total. The van der Waals surface area contributed by atoms with Gasteiger partial charge in [0.2, 0.25) is 11.1 Å². The number of nitrogens with zero attached hydrogens (tertiary/aromatic N) is 3. The van der Waals surface area contributed by atoms with Gasteiger partial charge in [-0.1, -0.05) is 23.9 Å². The first kappa shape index (κ1) is 16.4. The lowest BCUT2D eigenvalue weighted by Gasteiger charge is -2.09. The van der Waals surface area contributed by atoms with Crippen LogP contribution in [0.15, 0.2) is 39.1 Å². The van der Waals surface area contributed by atoms with Crippen LogP contribution < -0.4 is 16.7 Å². The number of thioether (sulfide) groups is 2. The standard InChI is InChI=1S/C13H15N5O2S2/c1-8-12(20)18(14)13(17-16-8)22-7-11(19)15-9-5-3-4-6-10(9)21-2/h3-6H,7,14H2,1-2H3,(H,15,19). The fourth-order valence-corrected chi connectivity index (χ4v) is 2.84. The highest BCUT2D eigenvalue weighted by atomic mass is 32.2. The van der Waals surface area contributed by atoms with Crippen LogP contribution in [-0.2, 0) is 4.79 Å². The van der Waals surface area contributed by atoms with E-state index in [1.54, 1.807) is 11.8 Å². The molecule has 0 spiro atoms. The quantitative estimate of drug-likeness (QED) is 0.622. The summed E-state index contributed by atoms with van der Waals surface area (Å²) < 4.78 is 0.899. The summed E-state index contributed by atoms with van der Waals surface area (Å²) in [6, 6.07) is 7.52. The molecule has 0 fully saturated rings. The third kappa shape index (κ3) is 3.80. The maximum atomic E-state index is 12.0. The highest BCUT2D eigenvalue weighted by molar-refractivity contribution is 7.99. The van der Waals surface area contributed by atoms with Crippen molar-refractivity contribution in [3.05, 3.63) is 40.3 Å². The SMILES string of the molecule is CSc1ccccc1NC(=O)CSc1nnc(C)c(=O)n1N.